The smallest absolute Gasteiger partial charge is 0.334 e. The second kappa shape index (κ2) is 8.96. The van der Waals surface area contributed by atoms with Crippen molar-refractivity contribution in [3.8, 4) is 5.75 Å². The van der Waals surface area contributed by atoms with E-state index in [-0.39, 0.29) is 36.9 Å². The summed E-state index contributed by atoms with van der Waals surface area (Å²) in [6.07, 6.45) is 0.735. The van der Waals surface area contributed by atoms with Gasteiger partial charge in [-0.2, -0.15) is 0 Å². The van der Waals surface area contributed by atoms with Gasteiger partial charge in [0.05, 0.1) is 31.5 Å². The minimum absolute atomic E-state index is 0.0656. The molecule has 2 aliphatic carbocycles. The van der Waals surface area contributed by atoms with Crippen LogP contribution in [0.25, 0.3) is 0 Å². The maximum atomic E-state index is 13.0. The van der Waals surface area contributed by atoms with Crippen LogP contribution < -0.4 is 4.74 Å². The summed E-state index contributed by atoms with van der Waals surface area (Å²) in [7, 11) is 1.65. The number of benzene rings is 2. The fraction of sp³-hybridized carbons (Fsp3) is 0.385. The maximum absolute atomic E-state index is 13.0. The van der Waals surface area contributed by atoms with E-state index in [0.717, 1.165) is 17.7 Å². The summed E-state index contributed by atoms with van der Waals surface area (Å²) in [5, 5.41) is 0. The predicted molar refractivity (Wildman–Crippen MR) is 117 cm³/mol. The van der Waals surface area contributed by atoms with Crippen LogP contribution in [0.2, 0.25) is 0 Å². The molecule has 0 aromatic heterocycles. The topological polar surface area (TPSA) is 61.8 Å². The van der Waals surface area contributed by atoms with Gasteiger partial charge in [0, 0.05) is 0 Å². The van der Waals surface area contributed by atoms with Gasteiger partial charge < -0.3 is 14.2 Å². The van der Waals surface area contributed by atoms with Crippen LogP contribution in [0.3, 0.4) is 0 Å². The molecule has 0 saturated heterocycles. The van der Waals surface area contributed by atoms with Gasteiger partial charge in [0.15, 0.2) is 0 Å². The summed E-state index contributed by atoms with van der Waals surface area (Å²) in [5.74, 6) is -0.0418. The first-order valence-corrected chi connectivity index (χ1v) is 10.9. The van der Waals surface area contributed by atoms with Crippen LogP contribution in [-0.4, -0.2) is 32.3 Å². The lowest BCUT2D eigenvalue weighted by Gasteiger charge is -2.34. The molecule has 31 heavy (non-hydrogen) atoms. The van der Waals surface area contributed by atoms with Crippen molar-refractivity contribution in [1.82, 2.24) is 0 Å². The van der Waals surface area contributed by atoms with Gasteiger partial charge in [0.2, 0.25) is 0 Å². The summed E-state index contributed by atoms with van der Waals surface area (Å²) in [6, 6.07) is 18.3. The molecule has 1 saturated carbocycles. The maximum Gasteiger partial charge on any atom is 0.334 e. The SMILES string of the molecule is CCOC(=O)C1=C(C(=O)OCC)C2CC1C(c1ccccc1)C2c1ccc(OC)cc1. The van der Waals surface area contributed by atoms with E-state index < -0.39 is 11.9 Å². The van der Waals surface area contributed by atoms with Gasteiger partial charge in [0.1, 0.15) is 5.75 Å². The third-order valence-corrected chi connectivity index (χ3v) is 6.47. The summed E-state index contributed by atoms with van der Waals surface area (Å²) in [5.41, 5.74) is 3.30. The van der Waals surface area contributed by atoms with Crippen LogP contribution in [0.4, 0.5) is 0 Å². The van der Waals surface area contributed by atoms with E-state index in [1.807, 2.05) is 30.3 Å². The first-order valence-electron chi connectivity index (χ1n) is 10.9. The van der Waals surface area contributed by atoms with E-state index in [4.69, 9.17) is 14.2 Å². The quantitative estimate of drug-likeness (QED) is 0.611. The van der Waals surface area contributed by atoms with Crippen LogP contribution in [0.15, 0.2) is 65.7 Å². The molecule has 0 spiro atoms. The Balaban J connectivity index is 1.85. The Morgan fingerprint density at radius 1 is 0.774 bits per heavy atom. The molecule has 4 unspecified atom stereocenters. The molecule has 2 aromatic rings. The highest BCUT2D eigenvalue weighted by Crippen LogP contribution is 2.63. The number of carbonyl (C=O) groups excluding carboxylic acids is 2. The van der Waals surface area contributed by atoms with Crippen LogP contribution in [-0.2, 0) is 19.1 Å². The minimum Gasteiger partial charge on any atom is -0.497 e. The molecule has 5 nitrogen and oxygen atoms in total. The highest BCUT2D eigenvalue weighted by Gasteiger charge is 2.57. The van der Waals surface area contributed by atoms with E-state index in [0.29, 0.717) is 11.1 Å². The van der Waals surface area contributed by atoms with Gasteiger partial charge in [0.25, 0.3) is 0 Å². The molecule has 5 heteroatoms. The first kappa shape index (κ1) is 21.2. The van der Waals surface area contributed by atoms with Crippen molar-refractivity contribution in [3.63, 3.8) is 0 Å². The second-order valence-corrected chi connectivity index (χ2v) is 7.95. The fourth-order valence-electron chi connectivity index (χ4n) is 5.38. The third kappa shape index (κ3) is 3.73. The number of fused-ring (bicyclic) bond motifs is 2. The van der Waals surface area contributed by atoms with Crippen molar-refractivity contribution in [2.45, 2.75) is 32.1 Å². The zero-order valence-electron chi connectivity index (χ0n) is 18.2. The molecular formula is C26H28O5. The van der Waals surface area contributed by atoms with Crippen molar-refractivity contribution >= 4 is 11.9 Å². The molecule has 0 heterocycles. The van der Waals surface area contributed by atoms with E-state index in [1.165, 1.54) is 5.56 Å². The van der Waals surface area contributed by atoms with Gasteiger partial charge in [-0.3, -0.25) is 0 Å². The Labute approximate surface area is 183 Å². The van der Waals surface area contributed by atoms with Crippen LogP contribution >= 0.6 is 0 Å². The van der Waals surface area contributed by atoms with Crippen LogP contribution in [0, 0.1) is 11.8 Å². The van der Waals surface area contributed by atoms with Crippen molar-refractivity contribution in [3.05, 3.63) is 76.9 Å². The normalized spacial score (nSPS) is 24.2. The summed E-state index contributed by atoms with van der Waals surface area (Å²) < 4.78 is 16.1. The molecule has 1 fully saturated rings. The number of esters is 2. The van der Waals surface area contributed by atoms with E-state index in [1.54, 1.807) is 21.0 Å². The first-order chi connectivity index (χ1) is 15.1. The Morgan fingerprint density at radius 2 is 1.26 bits per heavy atom. The number of hydrogen-bond donors (Lipinski definition) is 0. The zero-order chi connectivity index (χ0) is 22.0. The molecule has 4 rings (SSSR count). The largest absolute Gasteiger partial charge is 0.497 e. The van der Waals surface area contributed by atoms with E-state index in [9.17, 15) is 9.59 Å². The van der Waals surface area contributed by atoms with Crippen molar-refractivity contribution in [2.24, 2.45) is 11.8 Å². The minimum atomic E-state index is -0.400. The van der Waals surface area contributed by atoms with Crippen molar-refractivity contribution in [2.75, 3.05) is 20.3 Å². The van der Waals surface area contributed by atoms with Gasteiger partial charge in [-0.15, -0.1) is 0 Å². The average molecular weight is 421 g/mol. The Morgan fingerprint density at radius 3 is 1.71 bits per heavy atom. The molecule has 0 amide bonds. The lowest BCUT2D eigenvalue weighted by Crippen LogP contribution is -2.29. The third-order valence-electron chi connectivity index (χ3n) is 6.47. The predicted octanol–water partition coefficient (Wildman–Crippen LogP) is 4.64. The number of rotatable bonds is 7. The monoisotopic (exact) mass is 420 g/mol. The Hall–Kier alpha value is -3.08. The van der Waals surface area contributed by atoms with Gasteiger partial charge in [-0.1, -0.05) is 42.5 Å². The molecule has 0 radical (unpaired) electrons. The van der Waals surface area contributed by atoms with Crippen molar-refractivity contribution < 1.29 is 23.8 Å². The molecule has 0 N–H and O–H groups in total. The standard InChI is InChI=1S/C26H28O5/c1-4-30-25(27)23-19-15-20(24(23)26(28)31-5-2)22(17-11-13-18(29-3)14-12-17)21(19)16-9-7-6-8-10-16/h6-14,19-22H,4-5,15H2,1-3H3. The summed E-state index contributed by atoms with van der Waals surface area (Å²) in [4.78, 5) is 25.9. The second-order valence-electron chi connectivity index (χ2n) is 7.95. The molecule has 2 bridgehead atoms. The number of carbonyl (C=O) groups is 2. The highest BCUT2D eigenvalue weighted by atomic mass is 16.5. The Kier molecular flexibility index (Phi) is 6.12. The number of methoxy groups -OCH3 is 1. The molecule has 2 aliphatic rings. The van der Waals surface area contributed by atoms with Crippen molar-refractivity contribution in [1.29, 1.82) is 0 Å². The molecule has 4 atom stereocenters. The van der Waals surface area contributed by atoms with Gasteiger partial charge in [-0.25, -0.2) is 9.59 Å². The van der Waals surface area contributed by atoms with Crippen LogP contribution in [0.1, 0.15) is 43.2 Å². The van der Waals surface area contributed by atoms with E-state index in [2.05, 4.69) is 24.3 Å². The molecule has 2 aromatic carbocycles. The summed E-state index contributed by atoms with van der Waals surface area (Å²) >= 11 is 0. The van der Waals surface area contributed by atoms with Crippen LogP contribution in [0.5, 0.6) is 5.75 Å². The Bertz CT molecular complexity index is 977. The number of ether oxygens (including phenoxy) is 3. The highest BCUT2D eigenvalue weighted by molar-refractivity contribution is 6.03. The molecular weight excluding hydrogens is 392 g/mol. The molecule has 0 aliphatic heterocycles. The zero-order valence-corrected chi connectivity index (χ0v) is 18.2. The number of hydrogen-bond acceptors (Lipinski definition) is 5. The lowest BCUT2D eigenvalue weighted by molar-refractivity contribution is -0.142. The molecule has 162 valence electrons. The average Bonchev–Trinajstić information content (AvgIpc) is 3.36. The van der Waals surface area contributed by atoms with Gasteiger partial charge in [-0.05, 0) is 67.2 Å². The van der Waals surface area contributed by atoms with Gasteiger partial charge >= 0.3 is 11.9 Å². The fourth-order valence-corrected chi connectivity index (χ4v) is 5.38. The summed E-state index contributed by atoms with van der Waals surface area (Å²) in [6.45, 7) is 4.10. The van der Waals surface area contributed by atoms with E-state index >= 15 is 0 Å². The lowest BCUT2D eigenvalue weighted by atomic mass is 9.70.